The summed E-state index contributed by atoms with van der Waals surface area (Å²) in [6, 6.07) is 15.9. The van der Waals surface area contributed by atoms with Gasteiger partial charge < -0.3 is 19.7 Å². The van der Waals surface area contributed by atoms with Gasteiger partial charge >= 0.3 is 5.91 Å². The number of hydrogen-bond acceptors (Lipinski definition) is 8. The van der Waals surface area contributed by atoms with Crippen LogP contribution in [0.1, 0.15) is 22.7 Å². The Balaban J connectivity index is 1.75. The van der Waals surface area contributed by atoms with E-state index in [-0.39, 0.29) is 22.8 Å². The fourth-order valence-electron chi connectivity index (χ4n) is 4.26. The molecule has 1 aromatic heterocycles. The topological polar surface area (TPSA) is 109 Å². The second kappa shape index (κ2) is 9.01. The number of methoxy groups -OCH3 is 2. The van der Waals surface area contributed by atoms with Crippen molar-refractivity contribution in [1.82, 2.24) is 4.98 Å². The number of aromatic hydroxyl groups is 1. The first-order valence-electron chi connectivity index (χ1n) is 11.0. The maximum atomic E-state index is 13.4. The summed E-state index contributed by atoms with van der Waals surface area (Å²) in [5.74, 6) is -1.45. The number of aliphatic hydroxyl groups is 1. The van der Waals surface area contributed by atoms with Gasteiger partial charge in [0, 0.05) is 5.56 Å². The van der Waals surface area contributed by atoms with E-state index in [1.54, 1.807) is 30.3 Å². The molecule has 182 valence electrons. The Morgan fingerprint density at radius 2 is 1.83 bits per heavy atom. The lowest BCUT2D eigenvalue weighted by Crippen LogP contribution is -2.29. The number of thiazole rings is 1. The number of nitrogens with zero attached hydrogens (tertiary/aromatic N) is 2. The van der Waals surface area contributed by atoms with Crippen molar-refractivity contribution in [1.29, 1.82) is 0 Å². The number of rotatable bonds is 5. The molecule has 1 aliphatic rings. The van der Waals surface area contributed by atoms with Crippen LogP contribution in [0, 0.1) is 6.92 Å². The summed E-state index contributed by atoms with van der Waals surface area (Å²) in [5.41, 5.74) is 2.41. The van der Waals surface area contributed by atoms with E-state index in [1.165, 1.54) is 42.6 Å². The molecule has 0 radical (unpaired) electrons. The lowest BCUT2D eigenvalue weighted by Gasteiger charge is -2.23. The van der Waals surface area contributed by atoms with E-state index >= 15 is 0 Å². The summed E-state index contributed by atoms with van der Waals surface area (Å²) in [5, 5.41) is 21.8. The minimum Gasteiger partial charge on any atom is -0.507 e. The number of aromatic nitrogens is 1. The number of phenolic OH excluding ortho intramolecular Hbond substituents is 1. The van der Waals surface area contributed by atoms with Crippen LogP contribution in [0.5, 0.6) is 17.2 Å². The third-order valence-electron chi connectivity index (χ3n) is 6.05. The number of aryl methyl sites for hydroxylation is 1. The molecule has 1 atom stereocenters. The molecule has 2 N–H and O–H groups in total. The fraction of sp³-hybridized carbons (Fsp3) is 0.148. The van der Waals surface area contributed by atoms with Gasteiger partial charge in [-0.1, -0.05) is 35.6 Å². The number of carbonyl (C=O) groups excluding carboxylic acids is 2. The first-order valence-corrected chi connectivity index (χ1v) is 11.8. The second-order valence-corrected chi connectivity index (χ2v) is 9.31. The molecule has 0 aliphatic carbocycles. The van der Waals surface area contributed by atoms with Crippen LogP contribution in [0.3, 0.4) is 0 Å². The molecule has 0 spiro atoms. The van der Waals surface area contributed by atoms with Gasteiger partial charge in [-0.15, -0.1) is 0 Å². The quantitative estimate of drug-likeness (QED) is 0.226. The summed E-state index contributed by atoms with van der Waals surface area (Å²) >= 11 is 1.28. The van der Waals surface area contributed by atoms with Gasteiger partial charge in [0.1, 0.15) is 11.5 Å². The highest BCUT2D eigenvalue weighted by Gasteiger charge is 2.48. The van der Waals surface area contributed by atoms with E-state index in [0.29, 0.717) is 27.5 Å². The summed E-state index contributed by atoms with van der Waals surface area (Å²) < 4.78 is 11.4. The van der Waals surface area contributed by atoms with E-state index < -0.39 is 17.7 Å². The van der Waals surface area contributed by atoms with Crippen molar-refractivity contribution in [3.8, 4) is 17.2 Å². The van der Waals surface area contributed by atoms with E-state index in [1.807, 2.05) is 25.1 Å². The van der Waals surface area contributed by atoms with Gasteiger partial charge in [0.25, 0.3) is 5.78 Å². The predicted molar refractivity (Wildman–Crippen MR) is 137 cm³/mol. The molecule has 0 bridgehead atoms. The van der Waals surface area contributed by atoms with Crippen molar-refractivity contribution in [3.05, 3.63) is 82.9 Å². The molecule has 1 fully saturated rings. The third-order valence-corrected chi connectivity index (χ3v) is 7.06. The van der Waals surface area contributed by atoms with Crippen LogP contribution < -0.4 is 14.4 Å². The van der Waals surface area contributed by atoms with Crippen molar-refractivity contribution < 1.29 is 29.3 Å². The van der Waals surface area contributed by atoms with E-state index in [9.17, 15) is 19.8 Å². The summed E-state index contributed by atoms with van der Waals surface area (Å²) in [6.07, 6.45) is 0. The number of Topliss-reactive ketones (excluding diaryl/α,β-unsaturated/α-hetero) is 1. The zero-order chi connectivity index (χ0) is 25.6. The van der Waals surface area contributed by atoms with E-state index in [0.717, 1.165) is 10.3 Å². The molecule has 2 heterocycles. The SMILES string of the molecule is COc1cccc(/C(O)=C2\C(=O)C(=O)N(c3nc4ccc(C)cc4s3)[C@@H]2c2ccc(O)c(OC)c2)c1. The number of anilines is 1. The molecular formula is C27H22N2O6S. The molecule has 1 aliphatic heterocycles. The fourth-order valence-corrected chi connectivity index (χ4v) is 5.35. The van der Waals surface area contributed by atoms with Crippen LogP contribution in [0.15, 0.2) is 66.2 Å². The number of ether oxygens (including phenoxy) is 2. The zero-order valence-electron chi connectivity index (χ0n) is 19.7. The van der Waals surface area contributed by atoms with Crippen LogP contribution in [-0.2, 0) is 9.59 Å². The lowest BCUT2D eigenvalue weighted by atomic mass is 9.95. The Bertz CT molecular complexity index is 1560. The number of hydrogen-bond donors (Lipinski definition) is 2. The molecule has 8 nitrogen and oxygen atoms in total. The van der Waals surface area contributed by atoms with Crippen molar-refractivity contribution >= 4 is 44.1 Å². The summed E-state index contributed by atoms with van der Waals surface area (Å²) in [6.45, 7) is 1.96. The van der Waals surface area contributed by atoms with E-state index in [2.05, 4.69) is 4.98 Å². The maximum absolute atomic E-state index is 13.4. The Kier molecular flexibility index (Phi) is 5.85. The number of carbonyl (C=O) groups is 2. The predicted octanol–water partition coefficient (Wildman–Crippen LogP) is 4.95. The Hall–Kier alpha value is -4.37. The normalized spacial score (nSPS) is 17.1. The maximum Gasteiger partial charge on any atom is 0.301 e. The van der Waals surface area contributed by atoms with Crippen LogP contribution in [0.4, 0.5) is 5.13 Å². The average Bonchev–Trinajstić information content (AvgIpc) is 3.41. The Morgan fingerprint density at radius 3 is 2.58 bits per heavy atom. The molecule has 0 unspecified atom stereocenters. The number of fused-ring (bicyclic) bond motifs is 1. The molecule has 0 saturated carbocycles. The highest BCUT2D eigenvalue weighted by atomic mass is 32.1. The monoisotopic (exact) mass is 502 g/mol. The van der Waals surface area contributed by atoms with Gasteiger partial charge in [0.2, 0.25) is 0 Å². The number of ketones is 1. The Morgan fingerprint density at radius 1 is 1.03 bits per heavy atom. The number of aliphatic hydroxyl groups excluding tert-OH is 1. The van der Waals surface area contributed by atoms with Gasteiger partial charge in [-0.2, -0.15) is 0 Å². The zero-order valence-corrected chi connectivity index (χ0v) is 20.5. The Labute approximate surface area is 210 Å². The standard InChI is InChI=1S/C27H22N2O6S/c1-14-7-9-18-21(11-14)36-27(28-18)29-23(15-8-10-19(30)20(13-15)35-3)22(25(32)26(29)33)24(31)16-5-4-6-17(12-16)34-2/h4-13,23,30-31H,1-3H3/b24-22+/t23-/m1/s1. The summed E-state index contributed by atoms with van der Waals surface area (Å²) in [4.78, 5) is 32.7. The molecule has 4 aromatic rings. The van der Waals surface area contributed by atoms with Gasteiger partial charge in [-0.25, -0.2) is 4.98 Å². The van der Waals surface area contributed by atoms with Gasteiger partial charge in [0.05, 0.1) is 36.1 Å². The van der Waals surface area contributed by atoms with Crippen molar-refractivity contribution in [2.75, 3.05) is 19.1 Å². The summed E-state index contributed by atoms with van der Waals surface area (Å²) in [7, 11) is 2.90. The highest BCUT2D eigenvalue weighted by molar-refractivity contribution is 7.22. The van der Waals surface area contributed by atoms with Crippen LogP contribution in [-0.4, -0.2) is 41.1 Å². The van der Waals surface area contributed by atoms with Crippen LogP contribution in [0.25, 0.3) is 16.0 Å². The van der Waals surface area contributed by atoms with Crippen molar-refractivity contribution in [2.45, 2.75) is 13.0 Å². The molecular weight excluding hydrogens is 480 g/mol. The largest absolute Gasteiger partial charge is 0.507 e. The van der Waals surface area contributed by atoms with Crippen LogP contribution >= 0.6 is 11.3 Å². The second-order valence-electron chi connectivity index (χ2n) is 8.30. The smallest absolute Gasteiger partial charge is 0.301 e. The minimum absolute atomic E-state index is 0.0959. The highest BCUT2D eigenvalue weighted by Crippen LogP contribution is 2.45. The average molecular weight is 503 g/mol. The number of benzene rings is 3. The molecule has 9 heteroatoms. The minimum atomic E-state index is -1.01. The van der Waals surface area contributed by atoms with Gasteiger partial charge in [0.15, 0.2) is 16.6 Å². The van der Waals surface area contributed by atoms with Gasteiger partial charge in [-0.3, -0.25) is 14.5 Å². The molecule has 5 rings (SSSR count). The first kappa shape index (κ1) is 23.4. The molecule has 1 amide bonds. The first-order chi connectivity index (χ1) is 17.3. The molecule has 1 saturated heterocycles. The molecule has 36 heavy (non-hydrogen) atoms. The number of phenols is 1. The molecule has 3 aromatic carbocycles. The van der Waals surface area contributed by atoms with E-state index in [4.69, 9.17) is 9.47 Å². The van der Waals surface area contributed by atoms with Crippen molar-refractivity contribution in [2.24, 2.45) is 0 Å². The van der Waals surface area contributed by atoms with Crippen LogP contribution in [0.2, 0.25) is 0 Å². The lowest BCUT2D eigenvalue weighted by molar-refractivity contribution is -0.132. The van der Waals surface area contributed by atoms with Gasteiger partial charge in [-0.05, 0) is 54.4 Å². The van der Waals surface area contributed by atoms with Crippen molar-refractivity contribution in [3.63, 3.8) is 0 Å². The number of amides is 1. The third kappa shape index (κ3) is 3.83.